The maximum atomic E-state index is 13.4. The van der Waals surface area contributed by atoms with Gasteiger partial charge in [0.15, 0.2) is 17.3 Å². The molecular weight excluding hydrogens is 516 g/mol. The number of ether oxygens (including phenoxy) is 2. The van der Waals surface area contributed by atoms with Gasteiger partial charge in [0.05, 0.1) is 23.6 Å². The Morgan fingerprint density at radius 2 is 1.83 bits per heavy atom. The van der Waals surface area contributed by atoms with Gasteiger partial charge in [-0.15, -0.1) is 0 Å². The molecule has 1 aliphatic heterocycles. The summed E-state index contributed by atoms with van der Waals surface area (Å²) in [4.78, 5) is 37.5. The Balaban J connectivity index is 1.76. The van der Waals surface area contributed by atoms with Gasteiger partial charge >= 0.3 is 0 Å². The lowest BCUT2D eigenvalue weighted by atomic mass is 9.75. The Hall–Kier alpha value is -3.98. The summed E-state index contributed by atoms with van der Waals surface area (Å²) in [5, 5.41) is 14.2. The van der Waals surface area contributed by atoms with Crippen LogP contribution in [0, 0.1) is 16.0 Å². The van der Waals surface area contributed by atoms with Crippen molar-refractivity contribution in [2.75, 3.05) is 19.5 Å². The molecule has 2 atom stereocenters. The fourth-order valence-electron chi connectivity index (χ4n) is 4.21. The summed E-state index contributed by atoms with van der Waals surface area (Å²) in [7, 11) is 3.03. The number of fused-ring (bicyclic) bond motifs is 1. The molecule has 0 spiro atoms. The first-order chi connectivity index (χ1) is 16.8. The Labute approximate surface area is 209 Å². The number of carbonyl (C=O) groups is 2. The number of hydrogen-bond acceptors (Lipinski definition) is 6. The minimum Gasteiger partial charge on any atom is -0.493 e. The number of methoxy groups -OCH3 is 2. The van der Waals surface area contributed by atoms with Crippen molar-refractivity contribution < 1.29 is 24.0 Å². The highest BCUT2D eigenvalue weighted by molar-refractivity contribution is 9.10. The van der Waals surface area contributed by atoms with E-state index in [1.165, 1.54) is 38.5 Å². The van der Waals surface area contributed by atoms with Gasteiger partial charge in [-0.05, 0) is 56.9 Å². The molecule has 3 aromatic rings. The first kappa shape index (κ1) is 24.2. The van der Waals surface area contributed by atoms with E-state index in [4.69, 9.17) is 9.47 Å². The predicted octanol–water partition coefficient (Wildman–Crippen LogP) is 5.36. The zero-order valence-corrected chi connectivity index (χ0v) is 20.4. The number of nitrogens with one attached hydrogen (secondary N) is 1. The topological polar surface area (TPSA) is 108 Å². The van der Waals surface area contributed by atoms with E-state index in [9.17, 15) is 19.7 Å². The Morgan fingerprint density at radius 1 is 1.09 bits per heavy atom. The van der Waals surface area contributed by atoms with E-state index in [-0.39, 0.29) is 5.69 Å². The zero-order chi connectivity index (χ0) is 25.1. The van der Waals surface area contributed by atoms with Crippen LogP contribution in [0.4, 0.5) is 11.4 Å². The number of nitro benzene ring substituents is 1. The quantitative estimate of drug-likeness (QED) is 0.188. The summed E-state index contributed by atoms with van der Waals surface area (Å²) in [6.45, 7) is 0. The smallest absolute Gasteiger partial charge is 0.269 e. The maximum absolute atomic E-state index is 13.4. The molecule has 1 N–H and O–H groups in total. The van der Waals surface area contributed by atoms with Crippen molar-refractivity contribution in [1.29, 1.82) is 0 Å². The number of nitro groups is 1. The Morgan fingerprint density at radius 3 is 2.49 bits per heavy atom. The van der Waals surface area contributed by atoms with Crippen LogP contribution in [0.2, 0.25) is 0 Å². The summed E-state index contributed by atoms with van der Waals surface area (Å²) in [6.07, 6.45) is 2.93. The van der Waals surface area contributed by atoms with E-state index >= 15 is 0 Å². The van der Waals surface area contributed by atoms with Crippen LogP contribution >= 0.6 is 15.9 Å². The molecule has 3 aromatic carbocycles. The first-order valence-corrected chi connectivity index (χ1v) is 11.4. The molecule has 0 aliphatic carbocycles. The number of ketones is 1. The first-order valence-electron chi connectivity index (χ1n) is 10.6. The molecule has 0 bridgehead atoms. The molecule has 1 heterocycles. The highest BCUT2D eigenvalue weighted by atomic mass is 79.9. The summed E-state index contributed by atoms with van der Waals surface area (Å²) < 4.78 is 11.3. The molecule has 4 rings (SSSR count). The van der Waals surface area contributed by atoms with Crippen LogP contribution in [0.5, 0.6) is 11.5 Å². The van der Waals surface area contributed by atoms with Crippen LogP contribution in [-0.2, 0) is 9.59 Å². The van der Waals surface area contributed by atoms with Gasteiger partial charge in [0.1, 0.15) is 5.92 Å². The van der Waals surface area contributed by atoms with Gasteiger partial charge in [0, 0.05) is 23.7 Å². The van der Waals surface area contributed by atoms with E-state index in [2.05, 4.69) is 21.2 Å². The normalized spacial score (nSPS) is 16.9. The van der Waals surface area contributed by atoms with Gasteiger partial charge in [-0.3, -0.25) is 19.7 Å². The van der Waals surface area contributed by atoms with Gasteiger partial charge in [-0.1, -0.05) is 36.4 Å². The summed E-state index contributed by atoms with van der Waals surface area (Å²) in [5.74, 6) is -1.71. The number of hydrogen-bond donors (Lipinski definition) is 1. The fraction of sp³-hybridized carbons (Fsp3) is 0.154. The number of carbonyl (C=O) groups excluding carboxylic acids is 2. The molecule has 1 aliphatic rings. The maximum Gasteiger partial charge on any atom is 0.269 e. The molecule has 0 radical (unpaired) electrons. The average molecular weight is 537 g/mol. The zero-order valence-electron chi connectivity index (χ0n) is 18.9. The third-order valence-electron chi connectivity index (χ3n) is 5.86. The van der Waals surface area contributed by atoms with E-state index in [1.54, 1.807) is 42.5 Å². The Kier molecular flexibility index (Phi) is 6.97. The fourth-order valence-corrected chi connectivity index (χ4v) is 4.83. The molecule has 0 saturated heterocycles. The second-order valence-corrected chi connectivity index (χ2v) is 8.62. The van der Waals surface area contributed by atoms with Crippen molar-refractivity contribution in [3.05, 3.63) is 98.0 Å². The third kappa shape index (κ3) is 4.67. The average Bonchev–Trinajstić information content (AvgIpc) is 2.86. The third-order valence-corrected chi connectivity index (χ3v) is 6.68. The molecule has 35 heavy (non-hydrogen) atoms. The van der Waals surface area contributed by atoms with Crippen molar-refractivity contribution in [3.63, 3.8) is 0 Å². The molecule has 0 aromatic heterocycles. The number of rotatable bonds is 7. The van der Waals surface area contributed by atoms with Gasteiger partial charge in [-0.25, -0.2) is 0 Å². The molecule has 1 amide bonds. The molecule has 0 saturated carbocycles. The predicted molar refractivity (Wildman–Crippen MR) is 135 cm³/mol. The second-order valence-electron chi connectivity index (χ2n) is 7.82. The lowest BCUT2D eigenvalue weighted by Crippen LogP contribution is -2.38. The minimum atomic E-state index is -1.11. The second kappa shape index (κ2) is 10.1. The standard InChI is InChI=1S/C26H21BrN2O6/c1-34-21-13-9-16(24(27)25(21)35-2)8-12-20(30)23-22(15-6-4-3-5-7-15)18-14-17(29(32)33)10-11-19(18)28-26(23)31/h3-14,22-23H,1-2H3,(H,28,31). The summed E-state index contributed by atoms with van der Waals surface area (Å²) in [6, 6.07) is 16.8. The van der Waals surface area contributed by atoms with Crippen LogP contribution in [0.3, 0.4) is 0 Å². The summed E-state index contributed by atoms with van der Waals surface area (Å²) in [5.41, 5.74) is 2.22. The van der Waals surface area contributed by atoms with Gasteiger partial charge < -0.3 is 14.8 Å². The number of non-ortho nitro benzene ring substituents is 1. The largest absolute Gasteiger partial charge is 0.493 e. The molecule has 178 valence electrons. The van der Waals surface area contributed by atoms with Crippen LogP contribution < -0.4 is 14.8 Å². The van der Waals surface area contributed by atoms with Crippen molar-refractivity contribution in [2.24, 2.45) is 5.92 Å². The van der Waals surface area contributed by atoms with E-state index in [1.807, 2.05) is 6.07 Å². The van der Waals surface area contributed by atoms with Crippen molar-refractivity contribution in [3.8, 4) is 11.5 Å². The van der Waals surface area contributed by atoms with Crippen molar-refractivity contribution >= 4 is 45.1 Å². The number of nitrogens with zero attached hydrogens (tertiary/aromatic N) is 1. The molecular formula is C26H21BrN2O6. The SMILES string of the molecule is COc1ccc(C=CC(=O)C2C(=O)Nc3ccc([N+](=O)[O-])cc3C2c2ccccc2)c(Br)c1OC. The van der Waals surface area contributed by atoms with Crippen LogP contribution in [-0.4, -0.2) is 30.8 Å². The number of amides is 1. The van der Waals surface area contributed by atoms with Gasteiger partial charge in [0.2, 0.25) is 5.91 Å². The van der Waals surface area contributed by atoms with E-state index in [0.29, 0.717) is 38.3 Å². The highest BCUT2D eigenvalue weighted by Gasteiger charge is 2.41. The molecule has 2 unspecified atom stereocenters. The van der Waals surface area contributed by atoms with E-state index < -0.39 is 28.4 Å². The number of benzene rings is 3. The summed E-state index contributed by atoms with van der Waals surface area (Å²) >= 11 is 3.47. The molecule has 8 nitrogen and oxygen atoms in total. The van der Waals surface area contributed by atoms with Crippen LogP contribution in [0.1, 0.15) is 22.6 Å². The lowest BCUT2D eigenvalue weighted by molar-refractivity contribution is -0.384. The Bertz CT molecular complexity index is 1340. The number of allylic oxidation sites excluding steroid dienone is 1. The van der Waals surface area contributed by atoms with Crippen LogP contribution in [0.25, 0.3) is 6.08 Å². The minimum absolute atomic E-state index is 0.114. The van der Waals surface area contributed by atoms with Crippen LogP contribution in [0.15, 0.2) is 71.2 Å². The highest BCUT2D eigenvalue weighted by Crippen LogP contribution is 2.43. The molecule has 9 heteroatoms. The lowest BCUT2D eigenvalue weighted by Gasteiger charge is -2.32. The number of anilines is 1. The number of halogens is 1. The van der Waals surface area contributed by atoms with Gasteiger partial charge in [0.25, 0.3) is 5.69 Å². The molecule has 0 fully saturated rings. The van der Waals surface area contributed by atoms with Crippen molar-refractivity contribution in [2.45, 2.75) is 5.92 Å². The van der Waals surface area contributed by atoms with Crippen molar-refractivity contribution in [1.82, 2.24) is 0 Å². The van der Waals surface area contributed by atoms with E-state index in [0.717, 1.165) is 0 Å². The van der Waals surface area contributed by atoms with Gasteiger partial charge in [-0.2, -0.15) is 0 Å². The monoisotopic (exact) mass is 536 g/mol.